The molecule has 0 saturated carbocycles. The highest BCUT2D eigenvalue weighted by Crippen LogP contribution is 2.23. The number of carbonyl (C=O) groups is 1. The summed E-state index contributed by atoms with van der Waals surface area (Å²) in [4.78, 5) is 17.7. The Bertz CT molecular complexity index is 1060. The van der Waals surface area contributed by atoms with Crippen LogP contribution in [0, 0.1) is 19.7 Å². The number of amides is 1. The van der Waals surface area contributed by atoms with Crippen LogP contribution in [0.15, 0.2) is 53.9 Å². The smallest absolute Gasteiger partial charge is 0.264 e. The van der Waals surface area contributed by atoms with E-state index in [1.54, 1.807) is 6.07 Å². The van der Waals surface area contributed by atoms with Gasteiger partial charge in [-0.05, 0) is 43.0 Å². The van der Waals surface area contributed by atoms with Crippen LogP contribution in [0.5, 0.6) is 5.75 Å². The minimum atomic E-state index is -0.171. The van der Waals surface area contributed by atoms with E-state index in [0.717, 1.165) is 34.8 Å². The molecule has 0 aliphatic carbocycles. The van der Waals surface area contributed by atoms with Crippen LogP contribution in [0.3, 0.4) is 0 Å². The third kappa shape index (κ3) is 5.32. The van der Waals surface area contributed by atoms with Crippen LogP contribution in [-0.4, -0.2) is 41.9 Å². The summed E-state index contributed by atoms with van der Waals surface area (Å²) in [6.07, 6.45) is 0. The van der Waals surface area contributed by atoms with E-state index in [-0.39, 0.29) is 11.7 Å². The lowest BCUT2D eigenvalue weighted by atomic mass is 10.1. The first kappa shape index (κ1) is 21.5. The lowest BCUT2D eigenvalue weighted by molar-refractivity contribution is 0.0631. The van der Waals surface area contributed by atoms with Crippen molar-refractivity contribution in [2.45, 2.75) is 27.0 Å². The topological polar surface area (TPSA) is 32.8 Å². The first-order valence-corrected chi connectivity index (χ1v) is 11.4. The Morgan fingerprint density at radius 3 is 2.58 bits per heavy atom. The normalized spacial score (nSPS) is 14.6. The number of thiophene rings is 1. The molecule has 0 N–H and O–H groups in total. The number of aryl methyl sites for hydroxylation is 2. The molecule has 1 fully saturated rings. The Morgan fingerprint density at radius 2 is 1.84 bits per heavy atom. The summed E-state index contributed by atoms with van der Waals surface area (Å²) in [6.45, 7) is 7.92. The monoisotopic (exact) mass is 438 g/mol. The van der Waals surface area contributed by atoms with Crippen LogP contribution in [0.2, 0.25) is 0 Å². The molecule has 2 heterocycles. The van der Waals surface area contributed by atoms with E-state index in [4.69, 9.17) is 4.74 Å². The minimum Gasteiger partial charge on any atom is -0.489 e. The van der Waals surface area contributed by atoms with Crippen LogP contribution < -0.4 is 4.74 Å². The molecule has 0 spiro atoms. The van der Waals surface area contributed by atoms with Gasteiger partial charge in [0.15, 0.2) is 0 Å². The third-order valence-corrected chi connectivity index (χ3v) is 6.57. The maximum Gasteiger partial charge on any atom is 0.264 e. The second kappa shape index (κ2) is 9.62. The molecule has 0 atom stereocenters. The van der Waals surface area contributed by atoms with Gasteiger partial charge < -0.3 is 9.64 Å². The molecule has 1 amide bonds. The SMILES string of the molecule is Cc1ccc(OCc2csc(C(=O)N3CCN(Cc4ccccc4F)CC3)c2)c(C)c1. The van der Waals surface area contributed by atoms with Gasteiger partial charge in [0.05, 0.1) is 4.88 Å². The quantitative estimate of drug-likeness (QED) is 0.541. The summed E-state index contributed by atoms with van der Waals surface area (Å²) in [5, 5.41) is 1.99. The summed E-state index contributed by atoms with van der Waals surface area (Å²) in [5.74, 6) is 0.763. The number of halogens is 1. The van der Waals surface area contributed by atoms with Crippen molar-refractivity contribution in [3.05, 3.63) is 86.9 Å². The van der Waals surface area contributed by atoms with E-state index >= 15 is 0 Å². The zero-order valence-electron chi connectivity index (χ0n) is 17.9. The van der Waals surface area contributed by atoms with Crippen LogP contribution in [0.1, 0.15) is 31.9 Å². The van der Waals surface area contributed by atoms with E-state index in [0.29, 0.717) is 31.8 Å². The Hall–Kier alpha value is -2.70. The van der Waals surface area contributed by atoms with Gasteiger partial charge in [-0.1, -0.05) is 35.9 Å². The maximum absolute atomic E-state index is 13.9. The number of nitrogens with zero attached hydrogens (tertiary/aromatic N) is 2. The zero-order valence-corrected chi connectivity index (χ0v) is 18.8. The Labute approximate surface area is 186 Å². The summed E-state index contributed by atoms with van der Waals surface area (Å²) in [7, 11) is 0. The van der Waals surface area contributed by atoms with Gasteiger partial charge in [-0.25, -0.2) is 4.39 Å². The van der Waals surface area contributed by atoms with Crippen molar-refractivity contribution >= 4 is 17.2 Å². The molecule has 6 heteroatoms. The Balaban J connectivity index is 1.29. The molecule has 4 rings (SSSR count). The second-order valence-corrected chi connectivity index (χ2v) is 8.95. The van der Waals surface area contributed by atoms with Crippen molar-refractivity contribution in [1.82, 2.24) is 9.80 Å². The third-order valence-electron chi connectivity index (χ3n) is 5.60. The van der Waals surface area contributed by atoms with Gasteiger partial charge in [-0.2, -0.15) is 0 Å². The number of hydrogen-bond donors (Lipinski definition) is 0. The van der Waals surface area contributed by atoms with Gasteiger partial charge in [0.2, 0.25) is 0 Å². The number of ether oxygens (including phenoxy) is 1. The highest BCUT2D eigenvalue weighted by Gasteiger charge is 2.23. The lowest BCUT2D eigenvalue weighted by Crippen LogP contribution is -2.48. The summed E-state index contributed by atoms with van der Waals surface area (Å²) in [5.41, 5.74) is 4.03. The van der Waals surface area contributed by atoms with Gasteiger partial charge >= 0.3 is 0 Å². The standard InChI is InChI=1S/C25H27FN2O2S/c1-18-7-8-23(19(2)13-18)30-16-20-14-24(31-17-20)25(29)28-11-9-27(10-12-28)15-21-5-3-4-6-22(21)26/h3-8,13-14,17H,9-12,15-16H2,1-2H3. The van der Waals surface area contributed by atoms with Gasteiger partial charge in [-0.3, -0.25) is 9.69 Å². The molecule has 1 aliphatic rings. The fourth-order valence-corrected chi connectivity index (χ4v) is 4.68. The molecule has 3 aromatic rings. The first-order chi connectivity index (χ1) is 15.0. The molecule has 0 bridgehead atoms. The van der Waals surface area contributed by atoms with E-state index in [2.05, 4.69) is 17.9 Å². The molecule has 2 aromatic carbocycles. The fraction of sp³-hybridized carbons (Fsp3) is 0.320. The number of hydrogen-bond acceptors (Lipinski definition) is 4. The first-order valence-electron chi connectivity index (χ1n) is 10.5. The Morgan fingerprint density at radius 1 is 1.06 bits per heavy atom. The van der Waals surface area contributed by atoms with Crippen molar-refractivity contribution in [1.29, 1.82) is 0 Å². The molecule has 4 nitrogen and oxygen atoms in total. The molecule has 162 valence electrons. The van der Waals surface area contributed by atoms with E-state index in [1.165, 1.54) is 23.0 Å². The molecule has 31 heavy (non-hydrogen) atoms. The number of carbonyl (C=O) groups excluding carboxylic acids is 1. The average Bonchev–Trinajstić information content (AvgIpc) is 3.24. The number of piperazine rings is 1. The van der Waals surface area contributed by atoms with Crippen molar-refractivity contribution in [3.8, 4) is 5.75 Å². The Kier molecular flexibility index (Phi) is 6.68. The molecule has 1 saturated heterocycles. The lowest BCUT2D eigenvalue weighted by Gasteiger charge is -2.34. The highest BCUT2D eigenvalue weighted by atomic mass is 32.1. The molecule has 1 aliphatic heterocycles. The summed E-state index contributed by atoms with van der Waals surface area (Å²) >= 11 is 1.46. The van der Waals surface area contributed by atoms with Crippen molar-refractivity contribution in [2.24, 2.45) is 0 Å². The molecule has 1 aromatic heterocycles. The summed E-state index contributed by atoms with van der Waals surface area (Å²) in [6, 6.07) is 14.9. The van der Waals surface area contributed by atoms with E-state index in [1.807, 2.05) is 47.5 Å². The van der Waals surface area contributed by atoms with Crippen molar-refractivity contribution in [2.75, 3.05) is 26.2 Å². The molecule has 0 unspecified atom stereocenters. The van der Waals surface area contributed by atoms with Crippen LogP contribution in [-0.2, 0) is 13.2 Å². The predicted molar refractivity (Wildman–Crippen MR) is 122 cm³/mol. The van der Waals surface area contributed by atoms with Crippen LogP contribution in [0.4, 0.5) is 4.39 Å². The fourth-order valence-electron chi connectivity index (χ4n) is 3.82. The van der Waals surface area contributed by atoms with Gasteiger partial charge in [-0.15, -0.1) is 11.3 Å². The van der Waals surface area contributed by atoms with E-state index < -0.39 is 0 Å². The largest absolute Gasteiger partial charge is 0.489 e. The zero-order chi connectivity index (χ0) is 21.8. The molecule has 0 radical (unpaired) electrons. The number of rotatable bonds is 6. The number of benzene rings is 2. The molecular weight excluding hydrogens is 411 g/mol. The van der Waals surface area contributed by atoms with Crippen molar-refractivity contribution < 1.29 is 13.9 Å². The van der Waals surface area contributed by atoms with Gasteiger partial charge in [0.1, 0.15) is 18.2 Å². The van der Waals surface area contributed by atoms with Crippen LogP contribution >= 0.6 is 11.3 Å². The van der Waals surface area contributed by atoms with Gasteiger partial charge in [0.25, 0.3) is 5.91 Å². The maximum atomic E-state index is 13.9. The van der Waals surface area contributed by atoms with Crippen molar-refractivity contribution in [3.63, 3.8) is 0 Å². The van der Waals surface area contributed by atoms with E-state index in [9.17, 15) is 9.18 Å². The van der Waals surface area contributed by atoms with Gasteiger partial charge in [0, 0.05) is 43.9 Å². The molecular formula is C25H27FN2O2S. The minimum absolute atomic E-state index is 0.0632. The highest BCUT2D eigenvalue weighted by molar-refractivity contribution is 7.12. The summed E-state index contributed by atoms with van der Waals surface area (Å²) < 4.78 is 19.8. The second-order valence-electron chi connectivity index (χ2n) is 8.04. The predicted octanol–water partition coefficient (Wildman–Crippen LogP) is 5.04. The average molecular weight is 439 g/mol. The van der Waals surface area contributed by atoms with Crippen LogP contribution in [0.25, 0.3) is 0 Å².